The predicted octanol–water partition coefficient (Wildman–Crippen LogP) is 2.20. The lowest BCUT2D eigenvalue weighted by molar-refractivity contribution is 0.415. The molecule has 0 aliphatic rings. The van der Waals surface area contributed by atoms with Crippen molar-refractivity contribution in [3.63, 3.8) is 0 Å². The summed E-state index contributed by atoms with van der Waals surface area (Å²) in [4.78, 5) is 4.15. The number of aryl methyl sites for hydroxylation is 1. The molecule has 0 unspecified atom stereocenters. The Hall–Kier alpha value is -2.08. The lowest BCUT2D eigenvalue weighted by atomic mass is 10.2. The van der Waals surface area contributed by atoms with E-state index in [-0.39, 0.29) is 10.7 Å². The van der Waals surface area contributed by atoms with E-state index >= 15 is 0 Å². The van der Waals surface area contributed by atoms with Gasteiger partial charge in [0, 0.05) is 6.20 Å². The number of anilines is 1. The molecule has 0 atom stereocenters. The van der Waals surface area contributed by atoms with Crippen molar-refractivity contribution in [3.05, 3.63) is 48.2 Å². The van der Waals surface area contributed by atoms with Gasteiger partial charge in [-0.1, -0.05) is 17.7 Å². The summed E-state index contributed by atoms with van der Waals surface area (Å²) < 4.78 is 31.8. The molecule has 0 saturated heterocycles. The summed E-state index contributed by atoms with van der Waals surface area (Å²) in [6.45, 7) is 1.89. The third-order valence-corrected chi connectivity index (χ3v) is 3.91. The number of pyridine rings is 1. The van der Waals surface area contributed by atoms with Gasteiger partial charge in [-0.2, -0.15) is 0 Å². The number of methoxy groups -OCH3 is 1. The van der Waals surface area contributed by atoms with Gasteiger partial charge in [0.05, 0.1) is 12.0 Å². The van der Waals surface area contributed by atoms with Gasteiger partial charge in [0.1, 0.15) is 0 Å². The van der Waals surface area contributed by atoms with Crippen LogP contribution in [0.2, 0.25) is 0 Å². The molecule has 0 bridgehead atoms. The van der Waals surface area contributed by atoms with Crippen molar-refractivity contribution < 1.29 is 13.2 Å². The Labute approximate surface area is 112 Å². The van der Waals surface area contributed by atoms with Gasteiger partial charge in [-0.15, -0.1) is 0 Å². The molecule has 1 N–H and O–H groups in total. The molecule has 2 rings (SSSR count). The van der Waals surface area contributed by atoms with Gasteiger partial charge in [0.25, 0.3) is 10.0 Å². The van der Waals surface area contributed by atoms with Gasteiger partial charge >= 0.3 is 0 Å². The van der Waals surface area contributed by atoms with Crippen molar-refractivity contribution in [1.29, 1.82) is 0 Å². The summed E-state index contributed by atoms with van der Waals surface area (Å²) in [7, 11) is -2.20. The molecule has 0 amide bonds. The van der Waals surface area contributed by atoms with Crippen LogP contribution in [0.4, 0.5) is 5.82 Å². The highest BCUT2D eigenvalue weighted by atomic mass is 32.2. The molecule has 0 spiro atoms. The quantitative estimate of drug-likeness (QED) is 0.931. The highest BCUT2D eigenvalue weighted by molar-refractivity contribution is 7.92. The van der Waals surface area contributed by atoms with Crippen LogP contribution in [-0.2, 0) is 10.0 Å². The summed E-state index contributed by atoms with van der Waals surface area (Å²) in [6.07, 6.45) is 1.50. The number of rotatable bonds is 4. The summed E-state index contributed by atoms with van der Waals surface area (Å²) in [5, 5.41) is 0. The van der Waals surface area contributed by atoms with Crippen LogP contribution >= 0.6 is 0 Å². The van der Waals surface area contributed by atoms with Crippen molar-refractivity contribution in [2.45, 2.75) is 11.8 Å². The first-order valence-electron chi connectivity index (χ1n) is 5.61. The largest absolute Gasteiger partial charge is 0.493 e. The number of nitrogens with zero attached hydrogens (tertiary/aromatic N) is 1. The maximum absolute atomic E-state index is 12.2. The van der Waals surface area contributed by atoms with Crippen LogP contribution in [0.15, 0.2) is 47.5 Å². The Morgan fingerprint density at radius 3 is 2.47 bits per heavy atom. The fourth-order valence-electron chi connectivity index (χ4n) is 1.54. The number of aromatic nitrogens is 1. The van der Waals surface area contributed by atoms with Crippen LogP contribution in [0.25, 0.3) is 0 Å². The summed E-state index contributed by atoms with van der Waals surface area (Å²) in [5.74, 6) is 0.545. The second-order valence-electron chi connectivity index (χ2n) is 3.97. The van der Waals surface area contributed by atoms with Crippen LogP contribution in [0, 0.1) is 6.92 Å². The average molecular weight is 278 g/mol. The number of sulfonamides is 1. The zero-order valence-corrected chi connectivity index (χ0v) is 11.4. The number of benzene rings is 1. The van der Waals surface area contributed by atoms with Crippen molar-refractivity contribution in [2.75, 3.05) is 11.8 Å². The van der Waals surface area contributed by atoms with Crippen molar-refractivity contribution in [3.8, 4) is 5.75 Å². The Kier molecular flexibility index (Phi) is 3.71. The third-order valence-electron chi connectivity index (χ3n) is 2.55. The minimum absolute atomic E-state index is 0.172. The van der Waals surface area contributed by atoms with Crippen LogP contribution < -0.4 is 9.46 Å². The smallest absolute Gasteiger partial charge is 0.263 e. The minimum atomic E-state index is -3.66. The van der Waals surface area contributed by atoms with Gasteiger partial charge in [-0.3, -0.25) is 4.72 Å². The monoisotopic (exact) mass is 278 g/mol. The molecule has 0 aliphatic heterocycles. The summed E-state index contributed by atoms with van der Waals surface area (Å²) in [5.41, 5.74) is 0.995. The number of hydrogen-bond acceptors (Lipinski definition) is 4. The SMILES string of the molecule is COc1cccnc1NS(=O)(=O)c1ccc(C)cc1. The van der Waals surface area contributed by atoms with Crippen LogP contribution in [-0.4, -0.2) is 20.5 Å². The zero-order valence-electron chi connectivity index (χ0n) is 10.6. The molecule has 0 saturated carbocycles. The normalized spacial score (nSPS) is 11.1. The van der Waals surface area contributed by atoms with Crippen LogP contribution in [0.5, 0.6) is 5.75 Å². The minimum Gasteiger partial charge on any atom is -0.493 e. The summed E-state index contributed by atoms with van der Waals surface area (Å²) in [6, 6.07) is 9.89. The van der Waals surface area contributed by atoms with E-state index < -0.39 is 10.0 Å². The van der Waals surface area contributed by atoms with E-state index in [0.29, 0.717) is 5.75 Å². The van der Waals surface area contributed by atoms with Gasteiger partial charge in [-0.25, -0.2) is 13.4 Å². The van der Waals surface area contributed by atoms with Gasteiger partial charge < -0.3 is 4.74 Å². The van der Waals surface area contributed by atoms with E-state index in [2.05, 4.69) is 9.71 Å². The van der Waals surface area contributed by atoms with E-state index in [0.717, 1.165) is 5.56 Å². The first-order chi connectivity index (χ1) is 9.03. The second kappa shape index (κ2) is 5.27. The molecule has 1 heterocycles. The number of nitrogens with one attached hydrogen (secondary N) is 1. The molecule has 19 heavy (non-hydrogen) atoms. The van der Waals surface area contributed by atoms with Gasteiger partial charge in [0.2, 0.25) is 0 Å². The molecule has 5 nitrogen and oxygen atoms in total. The topological polar surface area (TPSA) is 68.3 Å². The van der Waals surface area contributed by atoms with Gasteiger partial charge in [-0.05, 0) is 31.2 Å². The van der Waals surface area contributed by atoms with E-state index in [9.17, 15) is 8.42 Å². The lowest BCUT2D eigenvalue weighted by Crippen LogP contribution is -2.14. The van der Waals surface area contributed by atoms with Crippen molar-refractivity contribution in [2.24, 2.45) is 0 Å². The molecule has 2 aromatic rings. The molecular formula is C13H14N2O3S. The van der Waals surface area contributed by atoms with Crippen LogP contribution in [0.3, 0.4) is 0 Å². The Balaban J connectivity index is 2.34. The van der Waals surface area contributed by atoms with Gasteiger partial charge in [0.15, 0.2) is 11.6 Å². The van der Waals surface area contributed by atoms with E-state index in [4.69, 9.17) is 4.74 Å². The Bertz CT molecular complexity index is 667. The third kappa shape index (κ3) is 3.03. The fraction of sp³-hybridized carbons (Fsp3) is 0.154. The predicted molar refractivity (Wildman–Crippen MR) is 72.8 cm³/mol. The molecular weight excluding hydrogens is 264 g/mol. The Morgan fingerprint density at radius 2 is 1.84 bits per heavy atom. The molecule has 6 heteroatoms. The number of ether oxygens (including phenoxy) is 1. The van der Waals surface area contributed by atoms with Crippen molar-refractivity contribution >= 4 is 15.8 Å². The average Bonchev–Trinajstić information content (AvgIpc) is 2.39. The maximum Gasteiger partial charge on any atom is 0.263 e. The molecule has 0 aliphatic carbocycles. The van der Waals surface area contributed by atoms with E-state index in [1.54, 1.807) is 36.4 Å². The van der Waals surface area contributed by atoms with E-state index in [1.165, 1.54) is 13.3 Å². The summed E-state index contributed by atoms with van der Waals surface area (Å²) >= 11 is 0. The standard InChI is InChI=1S/C13H14N2O3S/c1-10-5-7-11(8-6-10)19(16,17)15-13-12(18-2)4-3-9-14-13/h3-9H,1-2H3,(H,14,15). The molecule has 1 aromatic carbocycles. The highest BCUT2D eigenvalue weighted by Crippen LogP contribution is 2.23. The first-order valence-corrected chi connectivity index (χ1v) is 7.10. The Morgan fingerprint density at radius 1 is 1.16 bits per heavy atom. The maximum atomic E-state index is 12.2. The molecule has 0 fully saturated rings. The van der Waals surface area contributed by atoms with E-state index in [1.807, 2.05) is 6.92 Å². The molecule has 1 aromatic heterocycles. The van der Waals surface area contributed by atoms with Crippen molar-refractivity contribution in [1.82, 2.24) is 4.98 Å². The zero-order chi connectivity index (χ0) is 13.9. The molecule has 100 valence electrons. The number of hydrogen-bond donors (Lipinski definition) is 1. The van der Waals surface area contributed by atoms with Crippen LogP contribution in [0.1, 0.15) is 5.56 Å². The lowest BCUT2D eigenvalue weighted by Gasteiger charge is -2.10. The molecule has 0 radical (unpaired) electrons. The first kappa shape index (κ1) is 13.4. The second-order valence-corrected chi connectivity index (χ2v) is 5.66. The highest BCUT2D eigenvalue weighted by Gasteiger charge is 2.16. The fourth-order valence-corrected chi connectivity index (χ4v) is 2.56.